The molecule has 0 amide bonds. The van der Waals surface area contributed by atoms with E-state index in [-0.39, 0.29) is 0 Å². The molecule has 0 spiro atoms. The van der Waals surface area contributed by atoms with Gasteiger partial charge < -0.3 is 15.5 Å². The lowest BCUT2D eigenvalue weighted by Gasteiger charge is -2.36. The van der Waals surface area contributed by atoms with Crippen molar-refractivity contribution in [3.8, 4) is 0 Å². The van der Waals surface area contributed by atoms with Crippen molar-refractivity contribution >= 4 is 27.2 Å². The maximum Gasteiger partial charge on any atom is 0.187 e. The standard InChI is InChI=1S/C14H18N4S/c1-11-3-2-4-12(9-11)17-5-7-18(8-6-17)14-16-10-13(15)19-14/h2-4,9-10H,5-8,15H2,1H3. The van der Waals surface area contributed by atoms with Gasteiger partial charge in [-0.1, -0.05) is 23.5 Å². The molecule has 1 saturated heterocycles. The highest BCUT2D eigenvalue weighted by Crippen LogP contribution is 2.26. The maximum atomic E-state index is 5.74. The molecule has 0 unspecified atom stereocenters. The van der Waals surface area contributed by atoms with Crippen molar-refractivity contribution in [3.05, 3.63) is 36.0 Å². The van der Waals surface area contributed by atoms with Crippen LogP contribution in [-0.2, 0) is 0 Å². The van der Waals surface area contributed by atoms with E-state index in [1.54, 1.807) is 17.5 Å². The molecule has 2 aromatic rings. The monoisotopic (exact) mass is 274 g/mol. The normalized spacial score (nSPS) is 15.8. The second-order valence-electron chi connectivity index (χ2n) is 4.86. The number of rotatable bonds is 2. The van der Waals surface area contributed by atoms with Gasteiger partial charge >= 0.3 is 0 Å². The first-order valence-electron chi connectivity index (χ1n) is 6.50. The molecule has 2 heterocycles. The fraction of sp³-hybridized carbons (Fsp3) is 0.357. The number of thiazole rings is 1. The SMILES string of the molecule is Cc1cccc(N2CCN(c3ncc(N)s3)CC2)c1. The third-order valence-electron chi connectivity index (χ3n) is 3.43. The lowest BCUT2D eigenvalue weighted by atomic mass is 10.2. The Morgan fingerprint density at radius 2 is 1.89 bits per heavy atom. The highest BCUT2D eigenvalue weighted by molar-refractivity contribution is 7.19. The molecule has 1 aliphatic rings. The number of anilines is 3. The number of nitrogens with zero attached hydrogens (tertiary/aromatic N) is 3. The molecule has 1 aliphatic heterocycles. The van der Waals surface area contributed by atoms with Crippen molar-refractivity contribution in [2.24, 2.45) is 0 Å². The van der Waals surface area contributed by atoms with E-state index in [1.807, 2.05) is 0 Å². The molecular weight excluding hydrogens is 256 g/mol. The van der Waals surface area contributed by atoms with Gasteiger partial charge in [-0.05, 0) is 24.6 Å². The van der Waals surface area contributed by atoms with Gasteiger partial charge in [-0.2, -0.15) is 0 Å². The van der Waals surface area contributed by atoms with Gasteiger partial charge in [0, 0.05) is 31.9 Å². The van der Waals surface area contributed by atoms with E-state index in [9.17, 15) is 0 Å². The molecule has 5 heteroatoms. The average Bonchev–Trinajstić information content (AvgIpc) is 2.86. The smallest absolute Gasteiger partial charge is 0.187 e. The zero-order valence-corrected chi connectivity index (χ0v) is 11.9. The van der Waals surface area contributed by atoms with E-state index in [2.05, 4.69) is 46.0 Å². The molecule has 100 valence electrons. The molecule has 1 aromatic carbocycles. The van der Waals surface area contributed by atoms with Gasteiger partial charge in [0.05, 0.1) is 6.20 Å². The van der Waals surface area contributed by atoms with Gasteiger partial charge in [0.2, 0.25) is 0 Å². The first-order valence-corrected chi connectivity index (χ1v) is 7.32. The summed E-state index contributed by atoms with van der Waals surface area (Å²) in [4.78, 5) is 9.10. The molecule has 0 saturated carbocycles. The molecule has 0 aliphatic carbocycles. The Bertz CT molecular complexity index is 558. The molecule has 4 nitrogen and oxygen atoms in total. The lowest BCUT2D eigenvalue weighted by molar-refractivity contribution is 0.652. The van der Waals surface area contributed by atoms with Crippen LogP contribution in [0.15, 0.2) is 30.5 Å². The first kappa shape index (κ1) is 12.3. The van der Waals surface area contributed by atoms with E-state index in [0.29, 0.717) is 0 Å². The molecular formula is C14H18N4S. The van der Waals surface area contributed by atoms with E-state index in [0.717, 1.165) is 36.3 Å². The van der Waals surface area contributed by atoms with Crippen LogP contribution in [0.5, 0.6) is 0 Å². The van der Waals surface area contributed by atoms with Gasteiger partial charge in [0.1, 0.15) is 5.00 Å². The predicted octanol–water partition coefficient (Wildman–Crippen LogP) is 2.36. The topological polar surface area (TPSA) is 45.4 Å². The molecule has 1 fully saturated rings. The second kappa shape index (κ2) is 5.09. The molecule has 2 N–H and O–H groups in total. The Morgan fingerprint density at radius 1 is 1.16 bits per heavy atom. The summed E-state index contributed by atoms with van der Waals surface area (Å²) in [7, 11) is 0. The molecule has 0 bridgehead atoms. The molecule has 0 atom stereocenters. The number of hydrogen-bond donors (Lipinski definition) is 1. The summed E-state index contributed by atoms with van der Waals surface area (Å²) in [6.07, 6.45) is 1.74. The van der Waals surface area contributed by atoms with Gasteiger partial charge in [-0.3, -0.25) is 0 Å². The van der Waals surface area contributed by atoms with Crippen LogP contribution >= 0.6 is 11.3 Å². The summed E-state index contributed by atoms with van der Waals surface area (Å²) < 4.78 is 0. The zero-order valence-electron chi connectivity index (χ0n) is 11.0. The van der Waals surface area contributed by atoms with Crippen molar-refractivity contribution in [2.75, 3.05) is 41.7 Å². The highest BCUT2D eigenvalue weighted by Gasteiger charge is 2.19. The number of piperazine rings is 1. The van der Waals surface area contributed by atoms with Crippen LogP contribution in [0.4, 0.5) is 15.8 Å². The van der Waals surface area contributed by atoms with E-state index < -0.39 is 0 Å². The van der Waals surface area contributed by atoms with Crippen LogP contribution in [0.25, 0.3) is 0 Å². The lowest BCUT2D eigenvalue weighted by Crippen LogP contribution is -2.46. The maximum absolute atomic E-state index is 5.74. The number of aryl methyl sites for hydroxylation is 1. The Labute approximate surface area is 117 Å². The number of nitrogens with two attached hydrogens (primary N) is 1. The van der Waals surface area contributed by atoms with E-state index in [1.165, 1.54) is 11.3 Å². The summed E-state index contributed by atoms with van der Waals surface area (Å²) in [5, 5.41) is 1.83. The van der Waals surface area contributed by atoms with Gasteiger partial charge in [-0.15, -0.1) is 0 Å². The van der Waals surface area contributed by atoms with Crippen molar-refractivity contribution in [2.45, 2.75) is 6.92 Å². The van der Waals surface area contributed by atoms with Crippen molar-refractivity contribution in [1.29, 1.82) is 0 Å². The molecule has 19 heavy (non-hydrogen) atoms. The van der Waals surface area contributed by atoms with E-state index in [4.69, 9.17) is 5.73 Å². The summed E-state index contributed by atoms with van der Waals surface area (Å²) >= 11 is 1.57. The fourth-order valence-corrected chi connectivity index (χ4v) is 3.14. The van der Waals surface area contributed by atoms with Crippen LogP contribution in [0.3, 0.4) is 0 Å². The van der Waals surface area contributed by atoms with Crippen LogP contribution in [0, 0.1) is 6.92 Å². The number of aromatic nitrogens is 1. The zero-order chi connectivity index (χ0) is 13.2. The van der Waals surface area contributed by atoms with Crippen LogP contribution in [-0.4, -0.2) is 31.2 Å². The van der Waals surface area contributed by atoms with Gasteiger partial charge in [-0.25, -0.2) is 4.98 Å². The largest absolute Gasteiger partial charge is 0.389 e. The Kier molecular flexibility index (Phi) is 3.29. The Morgan fingerprint density at radius 3 is 2.53 bits per heavy atom. The third-order valence-corrected chi connectivity index (χ3v) is 4.32. The summed E-state index contributed by atoms with van der Waals surface area (Å²) in [6.45, 7) is 6.20. The van der Waals surface area contributed by atoms with Crippen molar-refractivity contribution in [1.82, 2.24) is 4.98 Å². The molecule has 1 aromatic heterocycles. The Hall–Kier alpha value is -1.75. The predicted molar refractivity (Wildman–Crippen MR) is 82.1 cm³/mol. The number of nitrogen functional groups attached to an aromatic ring is 1. The van der Waals surface area contributed by atoms with Crippen LogP contribution in [0.2, 0.25) is 0 Å². The van der Waals surface area contributed by atoms with Crippen molar-refractivity contribution < 1.29 is 0 Å². The summed E-state index contributed by atoms with van der Waals surface area (Å²) in [6, 6.07) is 8.69. The minimum atomic E-state index is 0.788. The number of hydrogen-bond acceptors (Lipinski definition) is 5. The minimum absolute atomic E-state index is 0.788. The summed E-state index contributed by atoms with van der Waals surface area (Å²) in [5.74, 6) is 0. The average molecular weight is 274 g/mol. The quantitative estimate of drug-likeness (QED) is 0.913. The van der Waals surface area contributed by atoms with Crippen molar-refractivity contribution in [3.63, 3.8) is 0 Å². The summed E-state index contributed by atoms with van der Waals surface area (Å²) in [5.41, 5.74) is 8.37. The second-order valence-corrected chi connectivity index (χ2v) is 5.90. The van der Waals surface area contributed by atoms with Gasteiger partial charge in [0.25, 0.3) is 0 Å². The van der Waals surface area contributed by atoms with Crippen LogP contribution < -0.4 is 15.5 Å². The van der Waals surface area contributed by atoms with E-state index >= 15 is 0 Å². The molecule has 0 radical (unpaired) electrons. The fourth-order valence-electron chi connectivity index (χ4n) is 2.40. The minimum Gasteiger partial charge on any atom is -0.389 e. The first-order chi connectivity index (χ1) is 9.22. The number of benzene rings is 1. The molecule has 3 rings (SSSR count). The highest BCUT2D eigenvalue weighted by atomic mass is 32.1. The Balaban J connectivity index is 1.66. The van der Waals surface area contributed by atoms with Gasteiger partial charge in [0.15, 0.2) is 5.13 Å². The third kappa shape index (κ3) is 2.66. The van der Waals surface area contributed by atoms with Crippen LogP contribution in [0.1, 0.15) is 5.56 Å².